The zero-order chi connectivity index (χ0) is 22.4. The predicted molar refractivity (Wildman–Crippen MR) is 114 cm³/mol. The Hall–Kier alpha value is -3.29. The molecule has 0 bridgehead atoms. The van der Waals surface area contributed by atoms with Crippen LogP contribution in [0.1, 0.15) is 55.3 Å². The van der Waals surface area contributed by atoms with E-state index in [4.69, 9.17) is 14.0 Å². The number of likely N-dealkylation sites (tertiary alicyclic amines) is 1. The van der Waals surface area contributed by atoms with Crippen molar-refractivity contribution in [3.63, 3.8) is 0 Å². The third-order valence-electron chi connectivity index (χ3n) is 4.67. The Morgan fingerprint density at radius 1 is 1.16 bits per heavy atom. The first-order valence-electron chi connectivity index (χ1n) is 10.2. The third kappa shape index (κ3) is 6.60. The summed E-state index contributed by atoms with van der Waals surface area (Å²) in [6, 6.07) is 9.39. The molecule has 1 amide bonds. The molecule has 0 aliphatic carbocycles. The molecule has 31 heavy (non-hydrogen) atoms. The number of methoxy groups -OCH3 is 1. The van der Waals surface area contributed by atoms with Crippen LogP contribution >= 0.6 is 0 Å². The number of carbonyl (C=O) groups excluding carboxylic acids is 2. The van der Waals surface area contributed by atoms with Gasteiger partial charge in [0.25, 0.3) is 5.88 Å². The second-order valence-electron chi connectivity index (χ2n) is 8.32. The minimum Gasteiger partial charge on any atom is -0.471 e. The van der Waals surface area contributed by atoms with Crippen LogP contribution in [-0.4, -0.2) is 47.9 Å². The number of nitrogens with zero attached hydrogens (tertiary/aromatic N) is 2. The van der Waals surface area contributed by atoms with Gasteiger partial charge in [0.1, 0.15) is 12.2 Å². The van der Waals surface area contributed by atoms with Crippen molar-refractivity contribution in [3.8, 4) is 5.88 Å². The van der Waals surface area contributed by atoms with Gasteiger partial charge in [-0.2, -0.15) is 0 Å². The van der Waals surface area contributed by atoms with Crippen LogP contribution in [0.2, 0.25) is 0 Å². The van der Waals surface area contributed by atoms with Crippen molar-refractivity contribution in [2.24, 2.45) is 0 Å². The molecule has 3 rings (SSSR count). The van der Waals surface area contributed by atoms with Crippen LogP contribution in [0.15, 0.2) is 40.4 Å². The third-order valence-corrected chi connectivity index (χ3v) is 4.67. The maximum Gasteiger partial charge on any atom is 0.410 e. The molecule has 0 atom stereocenters. The Labute approximate surface area is 181 Å². The minimum atomic E-state index is -0.600. The number of amides is 1. The lowest BCUT2D eigenvalue weighted by atomic mass is 10.0. The van der Waals surface area contributed by atoms with Crippen molar-refractivity contribution in [1.82, 2.24) is 10.1 Å². The summed E-state index contributed by atoms with van der Waals surface area (Å²) in [5, 5.41) is 3.69. The summed E-state index contributed by atoms with van der Waals surface area (Å²) in [6.45, 7) is 7.26. The molecule has 0 spiro atoms. The van der Waals surface area contributed by atoms with Crippen molar-refractivity contribution in [2.75, 3.05) is 20.2 Å². The van der Waals surface area contributed by atoms with E-state index in [-0.39, 0.29) is 17.7 Å². The maximum absolute atomic E-state index is 12.2. The zero-order valence-electron chi connectivity index (χ0n) is 18.3. The van der Waals surface area contributed by atoms with Crippen molar-refractivity contribution in [2.45, 2.75) is 45.8 Å². The van der Waals surface area contributed by atoms with Gasteiger partial charge in [-0.1, -0.05) is 35.9 Å². The molecule has 8 heteroatoms. The number of aromatic nitrogens is 1. The van der Waals surface area contributed by atoms with Gasteiger partial charge in [-0.15, -0.1) is 0 Å². The summed E-state index contributed by atoms with van der Waals surface area (Å²) in [4.78, 5) is 25.3. The highest BCUT2D eigenvalue weighted by Gasteiger charge is 2.24. The summed E-state index contributed by atoms with van der Waals surface area (Å²) < 4.78 is 20.4. The molecular formula is C23H28N2O6. The van der Waals surface area contributed by atoms with Crippen molar-refractivity contribution >= 4 is 18.1 Å². The molecule has 0 radical (unpaired) electrons. The minimum absolute atomic E-state index is 0.00260. The van der Waals surface area contributed by atoms with Gasteiger partial charge in [-0.05, 0) is 49.9 Å². The van der Waals surface area contributed by atoms with E-state index in [1.807, 2.05) is 45.0 Å². The normalized spacial score (nSPS) is 14.2. The quantitative estimate of drug-likeness (QED) is 0.650. The standard InChI is InChI=1S/C23H28N2O6/c1-23(2,3)30-22(27)25-11-9-17(10-12-25)13-16-5-7-18(8-6-16)15-29-20-14-19(31-24-20)21(26)28-4/h5-8,13-14H,9-12,15H2,1-4H3. The number of esters is 1. The molecule has 1 aliphatic rings. The first kappa shape index (κ1) is 22.4. The van der Waals surface area contributed by atoms with Crippen molar-refractivity contribution in [1.29, 1.82) is 0 Å². The van der Waals surface area contributed by atoms with Crippen LogP contribution in [-0.2, 0) is 16.1 Å². The number of benzene rings is 1. The van der Waals surface area contributed by atoms with Gasteiger partial charge in [0.05, 0.1) is 13.2 Å². The molecule has 1 saturated heterocycles. The van der Waals surface area contributed by atoms with Gasteiger partial charge < -0.3 is 23.6 Å². The number of ether oxygens (including phenoxy) is 3. The van der Waals surface area contributed by atoms with Crippen LogP contribution in [0.25, 0.3) is 6.08 Å². The first-order valence-corrected chi connectivity index (χ1v) is 10.2. The lowest BCUT2D eigenvalue weighted by Crippen LogP contribution is -2.40. The molecule has 1 aromatic heterocycles. The van der Waals surface area contributed by atoms with E-state index in [0.717, 1.165) is 24.0 Å². The van der Waals surface area contributed by atoms with Crippen LogP contribution in [0, 0.1) is 0 Å². The van der Waals surface area contributed by atoms with E-state index in [9.17, 15) is 9.59 Å². The van der Waals surface area contributed by atoms with E-state index in [1.54, 1.807) is 4.90 Å². The molecule has 0 unspecified atom stereocenters. The van der Waals surface area contributed by atoms with Gasteiger partial charge in [0.15, 0.2) is 0 Å². The van der Waals surface area contributed by atoms with Crippen LogP contribution in [0.4, 0.5) is 4.79 Å². The lowest BCUT2D eigenvalue weighted by molar-refractivity contribution is 0.0236. The molecule has 1 aliphatic heterocycles. The average Bonchev–Trinajstić information content (AvgIpc) is 3.21. The highest BCUT2D eigenvalue weighted by atomic mass is 16.6. The molecule has 2 heterocycles. The van der Waals surface area contributed by atoms with Gasteiger partial charge in [-0.3, -0.25) is 0 Å². The van der Waals surface area contributed by atoms with Gasteiger partial charge in [0, 0.05) is 13.1 Å². The van der Waals surface area contributed by atoms with Crippen LogP contribution in [0.5, 0.6) is 5.88 Å². The van der Waals surface area contributed by atoms with Gasteiger partial charge in [-0.25, -0.2) is 9.59 Å². The molecular weight excluding hydrogens is 400 g/mol. The summed E-state index contributed by atoms with van der Waals surface area (Å²) in [7, 11) is 1.27. The SMILES string of the molecule is COC(=O)c1cc(OCc2ccc(C=C3CCN(C(=O)OC(C)(C)C)CC3)cc2)no1. The molecule has 1 aromatic carbocycles. The summed E-state index contributed by atoms with van der Waals surface area (Å²) >= 11 is 0. The average molecular weight is 428 g/mol. The maximum atomic E-state index is 12.2. The van der Waals surface area contributed by atoms with Crippen LogP contribution in [0.3, 0.4) is 0 Å². The number of rotatable bonds is 5. The fraction of sp³-hybridized carbons (Fsp3) is 0.435. The fourth-order valence-corrected chi connectivity index (χ4v) is 3.07. The molecule has 2 aromatic rings. The fourth-order valence-electron chi connectivity index (χ4n) is 3.07. The molecule has 1 fully saturated rings. The summed E-state index contributed by atoms with van der Waals surface area (Å²) in [5.41, 5.74) is 2.89. The Morgan fingerprint density at radius 2 is 1.84 bits per heavy atom. The topological polar surface area (TPSA) is 91.1 Å². The van der Waals surface area contributed by atoms with E-state index in [2.05, 4.69) is 16.0 Å². The van der Waals surface area contributed by atoms with E-state index >= 15 is 0 Å². The second kappa shape index (κ2) is 9.68. The summed E-state index contributed by atoms with van der Waals surface area (Å²) in [6.07, 6.45) is 3.58. The number of piperidine rings is 1. The Morgan fingerprint density at radius 3 is 2.45 bits per heavy atom. The number of hydrogen-bond acceptors (Lipinski definition) is 7. The highest BCUT2D eigenvalue weighted by Crippen LogP contribution is 2.22. The van der Waals surface area contributed by atoms with E-state index in [1.165, 1.54) is 18.7 Å². The Balaban J connectivity index is 1.49. The number of carbonyl (C=O) groups is 2. The zero-order valence-corrected chi connectivity index (χ0v) is 18.3. The second-order valence-corrected chi connectivity index (χ2v) is 8.32. The Bertz CT molecular complexity index is 930. The smallest absolute Gasteiger partial charge is 0.410 e. The van der Waals surface area contributed by atoms with E-state index in [0.29, 0.717) is 19.7 Å². The lowest BCUT2D eigenvalue weighted by Gasteiger charge is -2.31. The van der Waals surface area contributed by atoms with Crippen molar-refractivity contribution < 1.29 is 28.3 Å². The van der Waals surface area contributed by atoms with E-state index < -0.39 is 11.6 Å². The number of hydrogen-bond donors (Lipinski definition) is 0. The highest BCUT2D eigenvalue weighted by molar-refractivity contribution is 5.86. The van der Waals surface area contributed by atoms with Gasteiger partial charge >= 0.3 is 12.1 Å². The van der Waals surface area contributed by atoms with Crippen LogP contribution < -0.4 is 4.74 Å². The monoisotopic (exact) mass is 428 g/mol. The van der Waals surface area contributed by atoms with Crippen molar-refractivity contribution in [3.05, 3.63) is 52.8 Å². The Kier molecular flexibility index (Phi) is 6.99. The molecule has 8 nitrogen and oxygen atoms in total. The largest absolute Gasteiger partial charge is 0.471 e. The molecule has 0 saturated carbocycles. The summed E-state index contributed by atoms with van der Waals surface area (Å²) in [5.74, 6) is -0.378. The predicted octanol–water partition coefficient (Wildman–Crippen LogP) is 4.45. The first-order chi connectivity index (χ1) is 14.7. The van der Waals surface area contributed by atoms with Gasteiger partial charge in [0.2, 0.25) is 5.76 Å². The molecule has 0 N–H and O–H groups in total. The molecule has 166 valence electrons.